The van der Waals surface area contributed by atoms with E-state index in [2.05, 4.69) is 18.8 Å². The van der Waals surface area contributed by atoms with Crippen molar-refractivity contribution in [3.05, 3.63) is 34.1 Å². The van der Waals surface area contributed by atoms with Gasteiger partial charge in [-0.3, -0.25) is 4.98 Å². The molecule has 2 heterocycles. The number of halogens is 1. The lowest BCUT2D eigenvalue weighted by atomic mass is 9.81. The Morgan fingerprint density at radius 2 is 2.27 bits per heavy atom. The second-order valence-corrected chi connectivity index (χ2v) is 5.02. The molecule has 0 bridgehead atoms. The molecule has 1 aliphatic heterocycles. The first kappa shape index (κ1) is 9.22. The lowest BCUT2D eigenvalue weighted by Crippen LogP contribution is -2.17. The third kappa shape index (κ3) is 1.08. The van der Waals surface area contributed by atoms with Crippen molar-refractivity contribution in [3.8, 4) is 0 Å². The molecule has 0 aromatic carbocycles. The molecule has 0 radical (unpaired) electrons. The number of aromatic nitrogens is 1. The zero-order valence-corrected chi connectivity index (χ0v) is 9.56. The minimum absolute atomic E-state index is 0.0269. The Balaban J connectivity index is 2.27. The molecule has 0 unspecified atom stereocenters. The molecule has 0 N–H and O–H groups in total. The lowest BCUT2D eigenvalue weighted by molar-refractivity contribution is 0.304. The Labute approximate surface area is 93.9 Å². The quantitative estimate of drug-likeness (QED) is 0.672. The van der Waals surface area contributed by atoms with Crippen molar-refractivity contribution in [1.29, 1.82) is 0 Å². The summed E-state index contributed by atoms with van der Waals surface area (Å²) in [5.41, 5.74) is 3.57. The van der Waals surface area contributed by atoms with E-state index >= 15 is 0 Å². The van der Waals surface area contributed by atoms with Crippen molar-refractivity contribution in [2.75, 3.05) is 6.61 Å². The first-order valence-corrected chi connectivity index (χ1v) is 5.51. The Bertz CT molecular complexity index is 477. The highest BCUT2D eigenvalue weighted by atomic mass is 35.5. The fraction of sp³-hybridized carbons (Fsp3) is 0.417. The van der Waals surface area contributed by atoms with Crippen molar-refractivity contribution in [3.63, 3.8) is 0 Å². The lowest BCUT2D eigenvalue weighted by Gasteiger charge is -2.22. The highest BCUT2D eigenvalue weighted by Crippen LogP contribution is 2.50. The number of hydrogen-bond donors (Lipinski definition) is 0. The summed E-state index contributed by atoms with van der Waals surface area (Å²) in [7, 11) is 0. The highest BCUT2D eigenvalue weighted by Gasteiger charge is 2.42. The second kappa shape index (κ2) is 2.76. The monoisotopic (exact) mass is 221 g/mol. The molecule has 1 aliphatic carbocycles. The molecule has 2 aliphatic rings. The molecule has 1 aromatic heterocycles. The van der Waals surface area contributed by atoms with Crippen LogP contribution in [0.15, 0.2) is 17.8 Å². The average Bonchev–Trinajstić information content (AvgIpc) is 2.72. The average molecular weight is 222 g/mol. The minimum Gasteiger partial charge on any atom is -0.491 e. The molecule has 0 saturated heterocycles. The summed E-state index contributed by atoms with van der Waals surface area (Å²) in [5, 5.41) is 0.697. The molecule has 78 valence electrons. The maximum absolute atomic E-state index is 5.99. The third-order valence-corrected chi connectivity index (χ3v) is 3.58. The number of fused-ring (bicyclic) bond motifs is 2. The number of nitrogens with zero attached hydrogens (tertiary/aromatic N) is 1. The van der Waals surface area contributed by atoms with Gasteiger partial charge in [0.25, 0.3) is 0 Å². The molecule has 3 heteroatoms. The predicted molar refractivity (Wildman–Crippen MR) is 59.8 cm³/mol. The van der Waals surface area contributed by atoms with Crippen LogP contribution in [0.1, 0.15) is 31.5 Å². The van der Waals surface area contributed by atoms with Gasteiger partial charge in [-0.15, -0.1) is 0 Å². The Hall–Kier alpha value is -1.02. The zero-order chi connectivity index (χ0) is 10.6. The van der Waals surface area contributed by atoms with Gasteiger partial charge in [0, 0.05) is 18.0 Å². The molecular weight excluding hydrogens is 210 g/mol. The van der Waals surface area contributed by atoms with E-state index in [-0.39, 0.29) is 5.41 Å². The first-order chi connectivity index (χ1) is 7.10. The normalized spacial score (nSPS) is 21.3. The highest BCUT2D eigenvalue weighted by molar-refractivity contribution is 6.30. The molecule has 0 amide bonds. The van der Waals surface area contributed by atoms with Crippen LogP contribution in [0.4, 0.5) is 0 Å². The molecule has 3 rings (SSSR count). The van der Waals surface area contributed by atoms with E-state index in [1.807, 2.05) is 6.07 Å². The van der Waals surface area contributed by atoms with E-state index in [0.717, 1.165) is 24.5 Å². The zero-order valence-electron chi connectivity index (χ0n) is 8.80. The van der Waals surface area contributed by atoms with Crippen molar-refractivity contribution in [1.82, 2.24) is 4.98 Å². The van der Waals surface area contributed by atoms with Gasteiger partial charge < -0.3 is 4.74 Å². The molecule has 2 nitrogen and oxygen atoms in total. The van der Waals surface area contributed by atoms with E-state index in [1.54, 1.807) is 6.20 Å². The Morgan fingerprint density at radius 1 is 1.47 bits per heavy atom. The van der Waals surface area contributed by atoms with Crippen LogP contribution in [-0.2, 0) is 10.2 Å². The smallest absolute Gasteiger partial charge is 0.145 e. The van der Waals surface area contributed by atoms with E-state index in [4.69, 9.17) is 16.3 Å². The van der Waals surface area contributed by atoms with Gasteiger partial charge in [0.05, 0.1) is 11.6 Å². The van der Waals surface area contributed by atoms with Crippen molar-refractivity contribution in [2.45, 2.75) is 25.7 Å². The SMILES string of the molecule is CC1(C)C2=C(OCC2)c2ncc(Cl)cc21. The van der Waals surface area contributed by atoms with E-state index in [1.165, 1.54) is 11.1 Å². The second-order valence-electron chi connectivity index (χ2n) is 4.58. The van der Waals surface area contributed by atoms with Crippen molar-refractivity contribution >= 4 is 17.4 Å². The Kier molecular flexibility index (Phi) is 1.70. The summed E-state index contributed by atoms with van der Waals surface area (Å²) in [6.45, 7) is 5.21. The van der Waals surface area contributed by atoms with E-state index in [0.29, 0.717) is 5.02 Å². The predicted octanol–water partition coefficient (Wildman–Crippen LogP) is 3.16. The van der Waals surface area contributed by atoms with Crippen LogP contribution in [0.3, 0.4) is 0 Å². The van der Waals surface area contributed by atoms with Gasteiger partial charge in [0.1, 0.15) is 11.5 Å². The van der Waals surface area contributed by atoms with Crippen LogP contribution in [0.25, 0.3) is 5.76 Å². The van der Waals surface area contributed by atoms with Crippen molar-refractivity contribution < 1.29 is 4.74 Å². The number of pyridine rings is 1. The van der Waals surface area contributed by atoms with Gasteiger partial charge in [0.2, 0.25) is 0 Å². The van der Waals surface area contributed by atoms with Crippen LogP contribution in [0.2, 0.25) is 5.02 Å². The van der Waals surface area contributed by atoms with Gasteiger partial charge in [-0.2, -0.15) is 0 Å². The molecule has 0 saturated carbocycles. The van der Waals surface area contributed by atoms with Gasteiger partial charge in [0.15, 0.2) is 0 Å². The molecule has 1 aromatic rings. The molecule has 0 fully saturated rings. The molecule has 0 spiro atoms. The Morgan fingerprint density at radius 3 is 3.07 bits per heavy atom. The van der Waals surface area contributed by atoms with Gasteiger partial charge in [-0.1, -0.05) is 25.4 Å². The van der Waals surface area contributed by atoms with Gasteiger partial charge in [-0.25, -0.2) is 0 Å². The number of rotatable bonds is 0. The maximum Gasteiger partial charge on any atom is 0.145 e. The maximum atomic E-state index is 5.99. The van der Waals surface area contributed by atoms with Crippen LogP contribution < -0.4 is 0 Å². The van der Waals surface area contributed by atoms with Crippen LogP contribution in [0, 0.1) is 0 Å². The summed E-state index contributed by atoms with van der Waals surface area (Å²) < 4.78 is 5.65. The topological polar surface area (TPSA) is 22.1 Å². The number of hydrogen-bond acceptors (Lipinski definition) is 2. The van der Waals surface area contributed by atoms with Gasteiger partial charge in [-0.05, 0) is 17.2 Å². The minimum atomic E-state index is 0.0269. The summed E-state index contributed by atoms with van der Waals surface area (Å²) in [4.78, 5) is 4.38. The van der Waals surface area contributed by atoms with Gasteiger partial charge >= 0.3 is 0 Å². The first-order valence-electron chi connectivity index (χ1n) is 5.13. The molecular formula is C12H12ClNO. The molecule has 0 atom stereocenters. The summed E-state index contributed by atoms with van der Waals surface area (Å²) in [6.07, 6.45) is 2.70. The summed E-state index contributed by atoms with van der Waals surface area (Å²) in [5.74, 6) is 0.992. The standard InChI is InChI=1S/C12H12ClNO/c1-12(2)8-3-4-15-11(8)10-9(12)5-7(13)6-14-10/h5-6H,3-4H2,1-2H3. The summed E-state index contributed by atoms with van der Waals surface area (Å²) in [6, 6.07) is 2.01. The van der Waals surface area contributed by atoms with Crippen LogP contribution >= 0.6 is 11.6 Å². The van der Waals surface area contributed by atoms with E-state index < -0.39 is 0 Å². The molecule has 15 heavy (non-hydrogen) atoms. The fourth-order valence-electron chi connectivity index (χ4n) is 2.52. The van der Waals surface area contributed by atoms with E-state index in [9.17, 15) is 0 Å². The largest absolute Gasteiger partial charge is 0.491 e. The third-order valence-electron chi connectivity index (χ3n) is 3.37. The fourth-order valence-corrected chi connectivity index (χ4v) is 2.68. The summed E-state index contributed by atoms with van der Waals surface area (Å²) >= 11 is 5.99. The van der Waals surface area contributed by atoms with Crippen molar-refractivity contribution in [2.24, 2.45) is 0 Å². The number of ether oxygens (including phenoxy) is 1. The van der Waals surface area contributed by atoms with Crippen LogP contribution in [0.5, 0.6) is 0 Å². The van der Waals surface area contributed by atoms with Crippen LogP contribution in [-0.4, -0.2) is 11.6 Å².